The molecule has 1 amide bonds. The van der Waals surface area contributed by atoms with Crippen LogP contribution in [0.4, 0.5) is 13.2 Å². The molecule has 0 spiro atoms. The maximum Gasteiger partial charge on any atom is 0.411 e. The average molecular weight is 346 g/mol. The molecule has 0 heterocycles. The van der Waals surface area contributed by atoms with Crippen molar-refractivity contribution in [3.05, 3.63) is 35.9 Å². The summed E-state index contributed by atoms with van der Waals surface area (Å²) in [6, 6.07) is 8.92. The summed E-state index contributed by atoms with van der Waals surface area (Å²) in [6.07, 6.45) is -3.75. The van der Waals surface area contributed by atoms with Gasteiger partial charge in [0.1, 0.15) is 6.61 Å². The van der Waals surface area contributed by atoms with E-state index in [4.69, 9.17) is 0 Å². The van der Waals surface area contributed by atoms with E-state index in [1.807, 2.05) is 49.2 Å². The van der Waals surface area contributed by atoms with Gasteiger partial charge in [-0.3, -0.25) is 9.69 Å². The standard InChI is InChI=1S/C17H25F3N2O2/c1-4-15(22(3)10-14-8-6-5-7-9-14)16(23)21-13(2)11-24-12-17(18,19)20/h5-9,13,15H,4,10-12H2,1-3H3,(H,21,23)/t13-,15+/m0/s1. The molecule has 0 unspecified atom stereocenters. The Hall–Kier alpha value is -1.60. The molecule has 0 saturated heterocycles. The third kappa shape index (κ3) is 7.79. The number of ether oxygens (including phenoxy) is 1. The van der Waals surface area contributed by atoms with Gasteiger partial charge in [0.25, 0.3) is 0 Å². The summed E-state index contributed by atoms with van der Waals surface area (Å²) in [5, 5.41) is 2.71. The van der Waals surface area contributed by atoms with E-state index < -0.39 is 18.8 Å². The van der Waals surface area contributed by atoms with Crippen LogP contribution >= 0.6 is 0 Å². The molecule has 136 valence electrons. The first-order valence-electron chi connectivity index (χ1n) is 7.92. The Morgan fingerprint density at radius 1 is 1.29 bits per heavy atom. The molecule has 1 N–H and O–H groups in total. The molecule has 0 bridgehead atoms. The van der Waals surface area contributed by atoms with Crippen molar-refractivity contribution in [2.45, 2.75) is 45.1 Å². The zero-order valence-corrected chi connectivity index (χ0v) is 14.3. The highest BCUT2D eigenvalue weighted by molar-refractivity contribution is 5.81. The highest BCUT2D eigenvalue weighted by Gasteiger charge is 2.28. The van der Waals surface area contributed by atoms with E-state index >= 15 is 0 Å². The maximum absolute atomic E-state index is 12.3. The van der Waals surface area contributed by atoms with Gasteiger partial charge in [0.2, 0.25) is 5.91 Å². The number of benzene rings is 1. The number of likely N-dealkylation sites (N-methyl/N-ethyl adjacent to an activating group) is 1. The molecule has 2 atom stereocenters. The lowest BCUT2D eigenvalue weighted by atomic mass is 10.1. The Morgan fingerprint density at radius 3 is 2.46 bits per heavy atom. The number of hydrogen-bond donors (Lipinski definition) is 1. The second kappa shape index (κ2) is 9.64. The van der Waals surface area contributed by atoms with E-state index in [0.717, 1.165) is 5.56 Å². The van der Waals surface area contributed by atoms with Gasteiger partial charge in [-0.15, -0.1) is 0 Å². The molecule has 0 aliphatic heterocycles. The van der Waals surface area contributed by atoms with Crippen LogP contribution in [0.15, 0.2) is 30.3 Å². The fraction of sp³-hybridized carbons (Fsp3) is 0.588. The minimum absolute atomic E-state index is 0.177. The summed E-state index contributed by atoms with van der Waals surface area (Å²) in [7, 11) is 1.85. The molecule has 7 heteroatoms. The van der Waals surface area contributed by atoms with Crippen molar-refractivity contribution in [3.8, 4) is 0 Å². The van der Waals surface area contributed by atoms with Crippen LogP contribution < -0.4 is 5.32 Å². The van der Waals surface area contributed by atoms with Crippen LogP contribution in [-0.2, 0) is 16.1 Å². The van der Waals surface area contributed by atoms with Gasteiger partial charge in [0.05, 0.1) is 12.6 Å². The highest BCUT2D eigenvalue weighted by atomic mass is 19.4. The SMILES string of the molecule is CC[C@H](C(=O)N[C@@H](C)COCC(F)(F)F)N(C)Cc1ccccc1. The minimum atomic E-state index is -4.36. The van der Waals surface area contributed by atoms with Crippen molar-refractivity contribution in [1.29, 1.82) is 0 Å². The topological polar surface area (TPSA) is 41.6 Å². The molecule has 0 saturated carbocycles. The van der Waals surface area contributed by atoms with Gasteiger partial charge >= 0.3 is 6.18 Å². The number of amides is 1. The largest absolute Gasteiger partial charge is 0.411 e. The van der Waals surface area contributed by atoms with E-state index in [0.29, 0.717) is 13.0 Å². The molecule has 4 nitrogen and oxygen atoms in total. The third-order valence-corrected chi connectivity index (χ3v) is 3.52. The Morgan fingerprint density at radius 2 is 1.92 bits per heavy atom. The van der Waals surface area contributed by atoms with E-state index in [1.54, 1.807) is 6.92 Å². The summed E-state index contributed by atoms with van der Waals surface area (Å²) >= 11 is 0. The Bertz CT molecular complexity index is 494. The number of carbonyl (C=O) groups excluding carboxylic acids is 1. The van der Waals surface area contributed by atoms with Gasteiger partial charge in [-0.1, -0.05) is 37.3 Å². The van der Waals surface area contributed by atoms with Crippen LogP contribution in [-0.4, -0.2) is 49.3 Å². The average Bonchev–Trinajstić information content (AvgIpc) is 2.47. The van der Waals surface area contributed by atoms with Crippen molar-refractivity contribution in [2.75, 3.05) is 20.3 Å². The Kier molecular flexibility index (Phi) is 8.21. The molecule has 0 radical (unpaired) electrons. The number of carbonyl (C=O) groups is 1. The Balaban J connectivity index is 2.47. The predicted octanol–water partition coefficient (Wildman–Crippen LogP) is 2.98. The van der Waals surface area contributed by atoms with Crippen LogP contribution in [0.1, 0.15) is 25.8 Å². The summed E-state index contributed by atoms with van der Waals surface area (Å²) in [6.45, 7) is 2.66. The number of alkyl halides is 3. The summed E-state index contributed by atoms with van der Waals surface area (Å²) in [5.41, 5.74) is 1.09. The molecular weight excluding hydrogens is 321 g/mol. The fourth-order valence-electron chi connectivity index (χ4n) is 2.41. The smallest absolute Gasteiger partial charge is 0.370 e. The highest BCUT2D eigenvalue weighted by Crippen LogP contribution is 2.14. The molecular formula is C17H25F3N2O2. The van der Waals surface area contributed by atoms with Gasteiger partial charge in [0, 0.05) is 12.6 Å². The van der Waals surface area contributed by atoms with Gasteiger partial charge in [-0.25, -0.2) is 0 Å². The first-order chi connectivity index (χ1) is 11.2. The molecule has 1 rings (SSSR count). The van der Waals surface area contributed by atoms with Crippen LogP contribution in [0.2, 0.25) is 0 Å². The lowest BCUT2D eigenvalue weighted by Gasteiger charge is -2.27. The zero-order valence-electron chi connectivity index (χ0n) is 14.3. The molecule has 1 aromatic carbocycles. The second-order valence-corrected chi connectivity index (χ2v) is 5.86. The van der Waals surface area contributed by atoms with Crippen LogP contribution in [0.25, 0.3) is 0 Å². The molecule has 0 fully saturated rings. The van der Waals surface area contributed by atoms with E-state index in [-0.39, 0.29) is 18.6 Å². The Labute approximate surface area is 141 Å². The number of halogens is 3. The third-order valence-electron chi connectivity index (χ3n) is 3.52. The van der Waals surface area contributed by atoms with Crippen molar-refractivity contribution in [1.82, 2.24) is 10.2 Å². The summed E-state index contributed by atoms with van der Waals surface area (Å²) in [4.78, 5) is 14.3. The molecule has 1 aromatic rings. The number of nitrogens with zero attached hydrogens (tertiary/aromatic N) is 1. The van der Waals surface area contributed by atoms with Crippen LogP contribution in [0.3, 0.4) is 0 Å². The van der Waals surface area contributed by atoms with Gasteiger partial charge in [-0.05, 0) is 26.0 Å². The van der Waals surface area contributed by atoms with Gasteiger partial charge in [0.15, 0.2) is 0 Å². The lowest BCUT2D eigenvalue weighted by molar-refractivity contribution is -0.175. The van der Waals surface area contributed by atoms with Crippen molar-refractivity contribution in [2.24, 2.45) is 0 Å². The van der Waals surface area contributed by atoms with Crippen molar-refractivity contribution >= 4 is 5.91 Å². The van der Waals surface area contributed by atoms with E-state index in [1.165, 1.54) is 0 Å². The normalized spacial score (nSPS) is 14.5. The first kappa shape index (κ1) is 20.4. The van der Waals surface area contributed by atoms with E-state index in [9.17, 15) is 18.0 Å². The maximum atomic E-state index is 12.3. The molecule has 0 aromatic heterocycles. The summed E-state index contributed by atoms with van der Waals surface area (Å²) < 4.78 is 40.7. The number of nitrogens with one attached hydrogen (secondary N) is 1. The quantitative estimate of drug-likeness (QED) is 0.747. The molecule has 0 aliphatic carbocycles. The van der Waals surface area contributed by atoms with Gasteiger partial charge < -0.3 is 10.1 Å². The van der Waals surface area contributed by atoms with Crippen molar-refractivity contribution in [3.63, 3.8) is 0 Å². The number of rotatable bonds is 9. The fourth-order valence-corrected chi connectivity index (χ4v) is 2.41. The molecule has 0 aliphatic rings. The predicted molar refractivity (Wildman–Crippen MR) is 86.5 cm³/mol. The number of hydrogen-bond acceptors (Lipinski definition) is 3. The zero-order chi connectivity index (χ0) is 18.2. The summed E-state index contributed by atoms with van der Waals surface area (Å²) in [5.74, 6) is -0.209. The van der Waals surface area contributed by atoms with Crippen molar-refractivity contribution < 1.29 is 22.7 Å². The van der Waals surface area contributed by atoms with Crippen LogP contribution in [0.5, 0.6) is 0 Å². The van der Waals surface area contributed by atoms with E-state index in [2.05, 4.69) is 10.1 Å². The first-order valence-corrected chi connectivity index (χ1v) is 7.92. The monoisotopic (exact) mass is 346 g/mol. The lowest BCUT2D eigenvalue weighted by Crippen LogP contribution is -2.48. The van der Waals surface area contributed by atoms with Gasteiger partial charge in [-0.2, -0.15) is 13.2 Å². The second-order valence-electron chi connectivity index (χ2n) is 5.86. The van der Waals surface area contributed by atoms with Crippen LogP contribution in [0, 0.1) is 0 Å². The molecule has 24 heavy (non-hydrogen) atoms. The minimum Gasteiger partial charge on any atom is -0.370 e.